The van der Waals surface area contributed by atoms with Crippen molar-refractivity contribution in [3.63, 3.8) is 0 Å². The van der Waals surface area contributed by atoms with Gasteiger partial charge in [0.25, 0.3) is 39.1 Å². The number of anilines is 5. The average Bonchev–Trinajstić information content (AvgIpc) is 1.53. The van der Waals surface area contributed by atoms with E-state index in [0.29, 0.717) is 102 Å². The summed E-state index contributed by atoms with van der Waals surface area (Å²) in [6, 6.07) is 64.2. The third-order valence-corrected chi connectivity index (χ3v) is 34.0. The van der Waals surface area contributed by atoms with Crippen LogP contribution >= 0.6 is 104 Å². The van der Waals surface area contributed by atoms with Crippen LogP contribution in [0.3, 0.4) is 0 Å². The van der Waals surface area contributed by atoms with Crippen LogP contribution in [0.1, 0.15) is 96.2 Å². The normalized spacial score (nSPS) is 15.6. The Balaban J connectivity index is 0.000000178. The van der Waals surface area contributed by atoms with Crippen LogP contribution in [0.15, 0.2) is 234 Å². The van der Waals surface area contributed by atoms with Crippen LogP contribution in [0.25, 0.3) is 0 Å². The number of halogens is 4. The maximum Gasteiger partial charge on any atom is 0.270 e. The number of hydrogen-bond acceptors (Lipinski definition) is 23. The molecule has 8 N–H and O–H groups in total. The van der Waals surface area contributed by atoms with Crippen molar-refractivity contribution in [3.05, 3.63) is 251 Å². The number of benzene rings is 6. The van der Waals surface area contributed by atoms with Gasteiger partial charge in [-0.3, -0.25) is 5.41 Å². The van der Waals surface area contributed by atoms with Crippen molar-refractivity contribution in [2.75, 3.05) is 130 Å². The van der Waals surface area contributed by atoms with Gasteiger partial charge in [-0.1, -0.05) is 117 Å². The summed E-state index contributed by atoms with van der Waals surface area (Å²) in [5.41, 5.74) is 12.7. The molecule has 4 aliphatic heterocycles. The van der Waals surface area contributed by atoms with Crippen molar-refractivity contribution in [1.82, 2.24) is 18.2 Å². The predicted molar refractivity (Wildman–Crippen MR) is 488 cm³/mol. The van der Waals surface area contributed by atoms with E-state index in [1.165, 1.54) is 38.7 Å². The highest BCUT2D eigenvalue weighted by Crippen LogP contribution is 2.35. The lowest BCUT2D eigenvalue weighted by atomic mass is 9.98. The fourth-order valence-electron chi connectivity index (χ4n) is 12.3. The quantitative estimate of drug-likeness (QED) is 0.0329. The van der Waals surface area contributed by atoms with Gasteiger partial charge in [-0.15, -0.1) is 45.3 Å². The molecular weight excluding hydrogens is 1850 g/mol. The fourth-order valence-corrected chi connectivity index (χ4v) is 25.0. The zero-order valence-electron chi connectivity index (χ0n) is 65.0. The van der Waals surface area contributed by atoms with Crippen LogP contribution in [0, 0.1) is 5.41 Å². The summed E-state index contributed by atoms with van der Waals surface area (Å²) in [5, 5.41) is 51.8. The minimum absolute atomic E-state index is 0. The Morgan fingerprint density at radius 2 is 0.603 bits per heavy atom. The van der Waals surface area contributed by atoms with Gasteiger partial charge in [0.2, 0.25) is 0 Å². The van der Waals surface area contributed by atoms with Crippen molar-refractivity contribution < 1.29 is 54.1 Å². The van der Waals surface area contributed by atoms with Crippen molar-refractivity contribution in [2.24, 2.45) is 0 Å². The number of piperazine rings is 4. The maximum atomic E-state index is 12.7. The van der Waals surface area contributed by atoms with Gasteiger partial charge in [-0.2, -0.15) is 12.9 Å². The van der Waals surface area contributed by atoms with E-state index in [-0.39, 0.29) is 11.6 Å². The molecule has 8 heterocycles. The molecule has 0 radical (unpaired) electrons. The number of nitrogens with two attached hydrogens (primary N) is 1. The minimum Gasteiger partial charge on any atom is -0.391 e. The molecule has 6 aromatic carbocycles. The Labute approximate surface area is 730 Å². The fraction of sp³-hybridized carbons (Fsp3) is 0.354. The summed E-state index contributed by atoms with van der Waals surface area (Å²) >= 11 is 14.4. The van der Waals surface area contributed by atoms with Crippen LogP contribution in [-0.4, -0.2) is 177 Å². The molecule has 4 aromatic heterocycles. The zero-order chi connectivity index (χ0) is 83.9. The van der Waals surface area contributed by atoms with Gasteiger partial charge in [-0.25, -0.2) is 33.7 Å². The van der Waals surface area contributed by atoms with E-state index in [4.69, 9.17) is 21.8 Å². The zero-order valence-corrected chi connectivity index (χ0v) is 77.0. The Morgan fingerprint density at radius 3 is 0.819 bits per heavy atom. The van der Waals surface area contributed by atoms with E-state index in [1.807, 2.05) is 159 Å². The summed E-state index contributed by atoms with van der Waals surface area (Å²) in [4.78, 5) is 8.86. The SMILES string of the molecule is C.CC(C)(O)c1ccc(N2CCN(S(=O)(=O)c3ccc(Br)s3)CC2)cc1.CC(C)(O)c1ccc(N2CCN(S(=O)(=O)c3ccc(Br)s3)CC2)cc1.CC(C)(O)c1ccc(N2CCN(S(=O)(=O)c3ccc(N)s3)CC2)cc1.CC(C)(O)c1ccc(N2CCNCC2)cc1.N=C(c1ccccc1)c1ccccc1.O=S(=O)(Cl)c1ccc(Br)s1. The number of aliphatic hydroxyl groups is 4. The van der Waals surface area contributed by atoms with Gasteiger partial charge in [0.1, 0.15) is 16.8 Å². The van der Waals surface area contributed by atoms with Crippen LogP contribution < -0.4 is 30.7 Å². The topological polar surface area (TPSA) is 302 Å². The van der Waals surface area contributed by atoms with Crippen molar-refractivity contribution in [3.8, 4) is 0 Å². The Morgan fingerprint density at radius 1 is 0.362 bits per heavy atom. The Bertz CT molecular complexity index is 4870. The summed E-state index contributed by atoms with van der Waals surface area (Å²) in [5.74, 6) is 0. The molecule has 0 amide bonds. The summed E-state index contributed by atoms with van der Waals surface area (Å²) < 4.78 is 105. The maximum absolute atomic E-state index is 12.7. The second-order valence-corrected chi connectivity index (χ2v) is 47.0. The van der Waals surface area contributed by atoms with Crippen molar-refractivity contribution in [2.45, 2.75) is 102 Å². The number of nitrogens with zero attached hydrogens (tertiary/aromatic N) is 7. The van der Waals surface area contributed by atoms with Crippen LogP contribution in [0.4, 0.5) is 27.8 Å². The molecule has 116 heavy (non-hydrogen) atoms. The molecule has 14 rings (SSSR count). The molecule has 0 unspecified atom stereocenters. The Kier molecular flexibility index (Phi) is 34.2. The van der Waals surface area contributed by atoms with Crippen LogP contribution in [-0.2, 0) is 61.5 Å². The predicted octanol–water partition coefficient (Wildman–Crippen LogP) is 16.1. The molecule has 4 fully saturated rings. The third-order valence-electron chi connectivity index (χ3n) is 19.0. The first-order valence-corrected chi connectivity index (χ1v) is 49.0. The lowest BCUT2D eigenvalue weighted by molar-refractivity contribution is 0.0780. The van der Waals surface area contributed by atoms with E-state index >= 15 is 0 Å². The van der Waals surface area contributed by atoms with Gasteiger partial charge in [-0.05, 0) is 234 Å². The highest BCUT2D eigenvalue weighted by Gasteiger charge is 2.34. The summed E-state index contributed by atoms with van der Waals surface area (Å²) in [6.45, 7) is 24.9. The standard InChI is InChI=1S/2C17H21BrN2O3S2.C17H23N3O3S2.C13H20N2O.C13H11N.C4H2BrClO2S2.CH4/c3*1-17(2,21)13-3-5-14(6-4-13)19-9-11-20(12-10-19)25(22,23)16-8-7-15(18)24-16;1-13(2,16)11-3-5-12(6-4-11)15-9-7-14-8-10-15;14-13(11-7-3-1-4-8-11)12-9-5-2-6-10-12;5-3-1-2-4(9-3)10(6,7)8;/h2*3-8,21H,9-12H2,1-2H3;3-8,21H,9-12,18H2,1-2H3;3-6,14,16H,7-10H2,1-2H3;1-10,14H;1-2H;1H4. The van der Waals surface area contributed by atoms with Gasteiger partial charge in [0.15, 0.2) is 0 Å². The van der Waals surface area contributed by atoms with Crippen LogP contribution in [0.2, 0.25) is 0 Å². The van der Waals surface area contributed by atoms with E-state index in [9.17, 15) is 54.1 Å². The molecule has 0 bridgehead atoms. The number of nitrogen functional groups attached to an aromatic ring is 1. The molecule has 628 valence electrons. The molecular formula is C82H102Br3ClN10O12S8. The molecule has 0 atom stereocenters. The summed E-state index contributed by atoms with van der Waals surface area (Å²) in [7, 11) is -8.77. The molecule has 10 aromatic rings. The number of nitrogens with one attached hydrogen (secondary N) is 2. The van der Waals surface area contributed by atoms with Gasteiger partial charge in [0, 0.05) is 138 Å². The number of rotatable bonds is 17. The van der Waals surface area contributed by atoms with E-state index in [2.05, 4.69) is 84.8 Å². The lowest BCUT2D eigenvalue weighted by Gasteiger charge is -2.35. The highest BCUT2D eigenvalue weighted by molar-refractivity contribution is 9.11. The lowest BCUT2D eigenvalue weighted by Crippen LogP contribution is -2.48. The van der Waals surface area contributed by atoms with Crippen molar-refractivity contribution in [1.29, 1.82) is 5.41 Å². The minimum atomic E-state index is -3.52. The highest BCUT2D eigenvalue weighted by atomic mass is 79.9. The molecule has 34 heteroatoms. The van der Waals surface area contributed by atoms with Crippen molar-refractivity contribution >= 4 is 176 Å². The number of thiophene rings is 4. The van der Waals surface area contributed by atoms with Crippen LogP contribution in [0.5, 0.6) is 0 Å². The first-order chi connectivity index (χ1) is 54.0. The first kappa shape index (κ1) is 95.5. The largest absolute Gasteiger partial charge is 0.391 e. The third kappa shape index (κ3) is 27.0. The molecule has 0 aliphatic carbocycles. The van der Waals surface area contributed by atoms with Gasteiger partial charge in [0.05, 0.1) is 44.5 Å². The van der Waals surface area contributed by atoms with Gasteiger partial charge < -0.3 is 51.1 Å². The molecule has 0 spiro atoms. The molecule has 0 saturated carbocycles. The first-order valence-electron chi connectivity index (χ1n) is 36.8. The number of hydrogen-bond donors (Lipinski definition) is 7. The van der Waals surface area contributed by atoms with E-state index < -0.39 is 61.5 Å². The van der Waals surface area contributed by atoms with E-state index in [1.54, 1.807) is 92.6 Å². The second kappa shape index (κ2) is 41.5. The Hall–Kier alpha value is -6.00. The molecule has 22 nitrogen and oxygen atoms in total. The summed E-state index contributed by atoms with van der Waals surface area (Å²) in [6.07, 6.45) is 0. The molecule has 4 saturated heterocycles. The molecule has 4 aliphatic rings. The second-order valence-electron chi connectivity index (χ2n) is 29.2. The average molecular weight is 1950 g/mol. The smallest absolute Gasteiger partial charge is 0.270 e. The monoisotopic (exact) mass is 1950 g/mol. The van der Waals surface area contributed by atoms with Gasteiger partial charge >= 0.3 is 0 Å². The van der Waals surface area contributed by atoms with E-state index in [0.717, 1.165) is 111 Å². The number of sulfonamides is 3.